The van der Waals surface area contributed by atoms with Gasteiger partial charge in [-0.25, -0.2) is 0 Å². The normalized spacial score (nSPS) is 12.5. The maximum Gasteiger partial charge on any atom is 0.306 e. The van der Waals surface area contributed by atoms with Gasteiger partial charge in [0.05, 0.1) is 6.61 Å². The van der Waals surface area contributed by atoms with Crippen molar-refractivity contribution in [2.75, 3.05) is 13.2 Å². The first kappa shape index (κ1) is 74.6. The Hall–Kier alpha value is -2.40. The smallest absolute Gasteiger partial charge is 0.306 e. The van der Waals surface area contributed by atoms with E-state index in [1.165, 1.54) is 276 Å². The van der Waals surface area contributed by atoms with Crippen molar-refractivity contribution in [3.8, 4) is 0 Å². The molecule has 0 rings (SSSR count). The first-order valence-corrected chi connectivity index (χ1v) is 34.3. The lowest BCUT2D eigenvalue weighted by atomic mass is 10.0. The summed E-state index contributed by atoms with van der Waals surface area (Å²) in [6, 6.07) is 0. The quantitative estimate of drug-likeness (QED) is 0.0373. The number of hydrogen-bond donors (Lipinski definition) is 1. The fourth-order valence-electron chi connectivity index (χ4n) is 10.5. The molecule has 77 heavy (non-hydrogen) atoms. The van der Waals surface area contributed by atoms with E-state index < -0.39 is 6.10 Å². The molecular weight excluding hydrogens is 945 g/mol. The number of carbonyl (C=O) groups excluding carboxylic acids is 2. The lowest BCUT2D eigenvalue weighted by molar-refractivity contribution is -0.161. The molecule has 0 radical (unpaired) electrons. The highest BCUT2D eigenvalue weighted by atomic mass is 16.6. The second-order valence-electron chi connectivity index (χ2n) is 23.2. The largest absolute Gasteiger partial charge is 0.462 e. The molecule has 1 atom stereocenters. The second kappa shape index (κ2) is 67.9. The Morgan fingerprint density at radius 3 is 0.844 bits per heavy atom. The van der Waals surface area contributed by atoms with E-state index in [9.17, 15) is 14.7 Å². The molecule has 0 heterocycles. The van der Waals surface area contributed by atoms with Crippen LogP contribution in [0.5, 0.6) is 0 Å². The second-order valence-corrected chi connectivity index (χ2v) is 23.2. The van der Waals surface area contributed by atoms with Gasteiger partial charge in [0.1, 0.15) is 6.61 Å². The van der Waals surface area contributed by atoms with Crippen LogP contribution in [0.1, 0.15) is 367 Å². The zero-order valence-electron chi connectivity index (χ0n) is 51.7. The Bertz CT molecular complexity index is 1310. The number of rotatable bonds is 64. The molecule has 0 aliphatic heterocycles. The van der Waals surface area contributed by atoms with Gasteiger partial charge in [0, 0.05) is 12.8 Å². The summed E-state index contributed by atoms with van der Waals surface area (Å²) in [5, 5.41) is 9.70. The fourth-order valence-corrected chi connectivity index (χ4v) is 10.5. The van der Waals surface area contributed by atoms with Gasteiger partial charge in [-0.1, -0.05) is 357 Å². The Kier molecular flexibility index (Phi) is 65.8. The molecule has 0 fully saturated rings. The lowest BCUT2D eigenvalue weighted by Crippen LogP contribution is -2.28. The van der Waals surface area contributed by atoms with Crippen molar-refractivity contribution in [3.63, 3.8) is 0 Å². The molecule has 0 aliphatic rings. The summed E-state index contributed by atoms with van der Waals surface area (Å²) in [5.41, 5.74) is 0. The van der Waals surface area contributed by atoms with Gasteiger partial charge in [0.25, 0.3) is 0 Å². The summed E-state index contributed by atoms with van der Waals surface area (Å²) in [4.78, 5) is 24.6. The highest BCUT2D eigenvalue weighted by Gasteiger charge is 2.16. The third-order valence-corrected chi connectivity index (χ3v) is 15.6. The topological polar surface area (TPSA) is 72.8 Å². The standard InChI is InChI=1S/C72H132O5/c1-3-5-7-9-11-13-15-17-19-21-23-25-27-29-31-32-33-34-35-36-37-38-39-40-41-43-45-47-49-51-53-55-57-59-61-63-65-67-72(75)77-70(68-73)69-76-71(74)66-64-62-60-58-56-54-52-50-48-46-44-42-30-28-26-24-22-20-18-16-14-12-10-8-6-4-2/h5,7,11,13,17,19,23,25,29,31,70,73H,3-4,6,8-10,12,14-16,18,20-22,24,26-28,30,32-69H2,1-2H3/b7-5-,13-11-,19-17-,25-23-,31-29-. The van der Waals surface area contributed by atoms with Gasteiger partial charge in [0.2, 0.25) is 0 Å². The van der Waals surface area contributed by atoms with Crippen LogP contribution in [0.4, 0.5) is 0 Å². The molecular formula is C72H132O5. The fraction of sp³-hybridized carbons (Fsp3) is 0.833. The first-order chi connectivity index (χ1) is 38.1. The Morgan fingerprint density at radius 2 is 0.558 bits per heavy atom. The van der Waals surface area contributed by atoms with Crippen LogP contribution >= 0.6 is 0 Å². The summed E-state index contributed by atoms with van der Waals surface area (Å²) in [6.45, 7) is 4.09. The number of esters is 2. The molecule has 1 unspecified atom stereocenters. The van der Waals surface area contributed by atoms with Gasteiger partial charge < -0.3 is 14.6 Å². The Balaban J connectivity index is 3.40. The predicted molar refractivity (Wildman–Crippen MR) is 339 cm³/mol. The van der Waals surface area contributed by atoms with E-state index >= 15 is 0 Å². The number of hydrogen-bond acceptors (Lipinski definition) is 5. The summed E-state index contributed by atoms with van der Waals surface area (Å²) >= 11 is 0. The third kappa shape index (κ3) is 66.0. The van der Waals surface area contributed by atoms with Crippen molar-refractivity contribution in [3.05, 3.63) is 60.8 Å². The average molecular weight is 1080 g/mol. The molecule has 5 nitrogen and oxygen atoms in total. The minimum absolute atomic E-state index is 0.0597. The van der Waals surface area contributed by atoms with Gasteiger partial charge in [0.15, 0.2) is 6.10 Å². The van der Waals surface area contributed by atoms with Gasteiger partial charge in [-0.05, 0) is 57.8 Å². The number of ether oxygens (including phenoxy) is 2. The number of carbonyl (C=O) groups is 2. The van der Waals surface area contributed by atoms with E-state index in [-0.39, 0.29) is 25.2 Å². The third-order valence-electron chi connectivity index (χ3n) is 15.6. The maximum absolute atomic E-state index is 12.4. The molecule has 450 valence electrons. The molecule has 0 aliphatic carbocycles. The van der Waals surface area contributed by atoms with Crippen LogP contribution in [0.15, 0.2) is 60.8 Å². The van der Waals surface area contributed by atoms with E-state index in [4.69, 9.17) is 9.47 Å². The summed E-state index contributed by atoms with van der Waals surface area (Å²) in [6.07, 6.45) is 92.6. The van der Waals surface area contributed by atoms with Crippen molar-refractivity contribution in [1.82, 2.24) is 0 Å². The number of unbranched alkanes of at least 4 members (excludes halogenated alkanes) is 46. The maximum atomic E-state index is 12.4. The van der Waals surface area contributed by atoms with Crippen molar-refractivity contribution in [2.45, 2.75) is 373 Å². The molecule has 1 N–H and O–H groups in total. The zero-order valence-corrected chi connectivity index (χ0v) is 51.7. The minimum Gasteiger partial charge on any atom is -0.462 e. The Labute approximate surface area is 481 Å². The molecule has 0 saturated carbocycles. The van der Waals surface area contributed by atoms with Crippen LogP contribution in [0, 0.1) is 0 Å². The SMILES string of the molecule is CC/C=C\C/C=C\C/C=C\C/C=C\C/C=C\CCCCCCCCCCCCCCCCCCCCCCCC(=O)OC(CO)COC(=O)CCCCCCCCCCCCCCCCCCCCCCCCCCCC. The zero-order chi connectivity index (χ0) is 55.5. The number of aliphatic hydroxyl groups excluding tert-OH is 1. The van der Waals surface area contributed by atoms with Gasteiger partial charge in [-0.3, -0.25) is 9.59 Å². The molecule has 0 saturated heterocycles. The molecule has 0 aromatic rings. The summed E-state index contributed by atoms with van der Waals surface area (Å²) in [5.74, 6) is -0.567. The summed E-state index contributed by atoms with van der Waals surface area (Å²) in [7, 11) is 0. The molecule has 5 heteroatoms. The van der Waals surface area contributed by atoms with Crippen LogP contribution in [0.2, 0.25) is 0 Å². The highest BCUT2D eigenvalue weighted by molar-refractivity contribution is 5.70. The Morgan fingerprint density at radius 1 is 0.312 bits per heavy atom. The van der Waals surface area contributed by atoms with E-state index in [1.54, 1.807) is 0 Å². The van der Waals surface area contributed by atoms with Crippen molar-refractivity contribution >= 4 is 11.9 Å². The van der Waals surface area contributed by atoms with Crippen LogP contribution in [0.3, 0.4) is 0 Å². The number of aliphatic hydroxyl groups is 1. The van der Waals surface area contributed by atoms with E-state index in [0.29, 0.717) is 12.8 Å². The van der Waals surface area contributed by atoms with E-state index in [0.717, 1.165) is 64.2 Å². The van der Waals surface area contributed by atoms with Crippen LogP contribution < -0.4 is 0 Å². The molecule has 0 aromatic heterocycles. The van der Waals surface area contributed by atoms with E-state index in [1.807, 2.05) is 0 Å². The van der Waals surface area contributed by atoms with Crippen LogP contribution in [-0.2, 0) is 19.1 Å². The lowest BCUT2D eigenvalue weighted by Gasteiger charge is -2.15. The van der Waals surface area contributed by atoms with E-state index in [2.05, 4.69) is 74.6 Å². The monoisotopic (exact) mass is 1080 g/mol. The molecule has 0 spiro atoms. The highest BCUT2D eigenvalue weighted by Crippen LogP contribution is 2.19. The van der Waals surface area contributed by atoms with Gasteiger partial charge in [-0.15, -0.1) is 0 Å². The molecule has 0 bridgehead atoms. The van der Waals surface area contributed by atoms with Crippen LogP contribution in [0.25, 0.3) is 0 Å². The van der Waals surface area contributed by atoms with Crippen molar-refractivity contribution < 1.29 is 24.2 Å². The van der Waals surface area contributed by atoms with Crippen LogP contribution in [-0.4, -0.2) is 36.4 Å². The minimum atomic E-state index is -0.770. The van der Waals surface area contributed by atoms with Crippen molar-refractivity contribution in [2.24, 2.45) is 0 Å². The van der Waals surface area contributed by atoms with Gasteiger partial charge >= 0.3 is 11.9 Å². The van der Waals surface area contributed by atoms with Gasteiger partial charge in [-0.2, -0.15) is 0 Å². The first-order valence-electron chi connectivity index (χ1n) is 34.3. The number of allylic oxidation sites excluding steroid dienone is 10. The average Bonchev–Trinajstić information content (AvgIpc) is 3.43. The predicted octanol–water partition coefficient (Wildman–Crippen LogP) is 23.7. The summed E-state index contributed by atoms with van der Waals surface area (Å²) < 4.78 is 10.8. The molecule has 0 aromatic carbocycles. The molecule has 0 amide bonds. The van der Waals surface area contributed by atoms with Crippen molar-refractivity contribution in [1.29, 1.82) is 0 Å².